The summed E-state index contributed by atoms with van der Waals surface area (Å²) in [5, 5.41) is 3.32. The average Bonchev–Trinajstić information content (AvgIpc) is 2.35. The Morgan fingerprint density at radius 2 is 1.79 bits per heavy atom. The van der Waals surface area contributed by atoms with Crippen molar-refractivity contribution in [2.75, 3.05) is 11.9 Å². The molecule has 0 fully saturated rings. The van der Waals surface area contributed by atoms with E-state index in [1.54, 1.807) is 6.20 Å². The molecule has 1 aromatic heterocycles. The van der Waals surface area contributed by atoms with Crippen molar-refractivity contribution in [3.8, 4) is 0 Å². The smallest absolute Gasteiger partial charge is 0.145 e. The number of nitrogens with one attached hydrogen (secondary N) is 1. The van der Waals surface area contributed by atoms with Crippen LogP contribution in [0.3, 0.4) is 0 Å². The Morgan fingerprint density at radius 1 is 1.16 bits per heavy atom. The second-order valence-corrected chi connectivity index (χ2v) is 4.47. The fourth-order valence-electron chi connectivity index (χ4n) is 1.71. The normalized spacial score (nSPS) is 11.6. The number of aromatic nitrogens is 2. The van der Waals surface area contributed by atoms with Gasteiger partial charge in [-0.1, -0.05) is 26.0 Å². The first-order chi connectivity index (χ1) is 8.20. The van der Waals surface area contributed by atoms with Gasteiger partial charge in [-0.3, -0.25) is 4.98 Å². The van der Waals surface area contributed by atoms with Gasteiger partial charge < -0.3 is 11.1 Å². The monoisotopic (exact) mass is 302 g/mol. The molecule has 19 heavy (non-hydrogen) atoms. The predicted molar refractivity (Wildman–Crippen MR) is 85.3 cm³/mol. The fraction of sp³-hybridized carbons (Fsp3) is 0.385. The lowest BCUT2D eigenvalue weighted by molar-refractivity contribution is 0.530. The first kappa shape index (κ1) is 17.9. The highest BCUT2D eigenvalue weighted by atomic mass is 35.5. The summed E-state index contributed by atoms with van der Waals surface area (Å²) in [4.78, 5) is 8.88. The van der Waals surface area contributed by atoms with Crippen molar-refractivity contribution in [1.29, 1.82) is 0 Å². The van der Waals surface area contributed by atoms with E-state index in [0.29, 0.717) is 12.5 Å². The maximum atomic E-state index is 5.72. The van der Waals surface area contributed by atoms with Gasteiger partial charge in [0.2, 0.25) is 0 Å². The number of halogens is 2. The number of nitrogens with two attached hydrogens (primary N) is 1. The van der Waals surface area contributed by atoms with Gasteiger partial charge in [0.05, 0.1) is 17.2 Å². The van der Waals surface area contributed by atoms with Crippen LogP contribution in [0, 0.1) is 5.92 Å². The van der Waals surface area contributed by atoms with Gasteiger partial charge in [0.15, 0.2) is 0 Å². The molecule has 0 radical (unpaired) electrons. The van der Waals surface area contributed by atoms with Gasteiger partial charge in [-0.2, -0.15) is 0 Å². The van der Waals surface area contributed by atoms with Crippen molar-refractivity contribution in [2.24, 2.45) is 11.7 Å². The molecule has 3 N–H and O–H groups in total. The van der Waals surface area contributed by atoms with E-state index >= 15 is 0 Å². The molecule has 0 bridgehead atoms. The second-order valence-electron chi connectivity index (χ2n) is 4.47. The highest BCUT2D eigenvalue weighted by Gasteiger charge is 2.11. The van der Waals surface area contributed by atoms with Crippen LogP contribution >= 0.6 is 24.8 Å². The van der Waals surface area contributed by atoms with E-state index in [0.717, 1.165) is 16.9 Å². The van der Waals surface area contributed by atoms with Crippen molar-refractivity contribution in [3.05, 3.63) is 30.5 Å². The van der Waals surface area contributed by atoms with E-state index < -0.39 is 0 Å². The standard InChI is InChI=1S/C13H18N4.2ClH/c1-9(2)12(7-14)17-13-8-15-10-5-3-4-6-11(10)16-13;;/h3-6,8-9,12H,7,14H2,1-2H3,(H,16,17);2*1H. The number of hydrogen-bond acceptors (Lipinski definition) is 4. The Bertz CT molecular complexity index is 505. The minimum atomic E-state index is 0. The molecule has 1 heterocycles. The zero-order valence-electron chi connectivity index (χ0n) is 11.0. The van der Waals surface area contributed by atoms with Crippen LogP contribution in [0.5, 0.6) is 0 Å². The van der Waals surface area contributed by atoms with E-state index in [2.05, 4.69) is 29.1 Å². The largest absolute Gasteiger partial charge is 0.365 e. The minimum Gasteiger partial charge on any atom is -0.365 e. The van der Waals surface area contributed by atoms with E-state index in [1.807, 2.05) is 24.3 Å². The summed E-state index contributed by atoms with van der Waals surface area (Å²) in [5.41, 5.74) is 7.53. The Kier molecular flexibility index (Phi) is 7.68. The molecule has 2 rings (SSSR count). The summed E-state index contributed by atoms with van der Waals surface area (Å²) in [6, 6.07) is 8.06. The first-order valence-electron chi connectivity index (χ1n) is 5.89. The molecule has 0 spiro atoms. The third-order valence-electron chi connectivity index (χ3n) is 2.84. The number of anilines is 1. The number of fused-ring (bicyclic) bond motifs is 1. The topological polar surface area (TPSA) is 63.8 Å². The van der Waals surface area contributed by atoms with Gasteiger partial charge in [-0.05, 0) is 18.1 Å². The molecule has 0 saturated heterocycles. The average molecular weight is 303 g/mol. The summed E-state index contributed by atoms with van der Waals surface area (Å²) >= 11 is 0. The molecular formula is C13H20Cl2N4. The predicted octanol–water partition coefficient (Wildman–Crippen LogP) is 2.87. The molecule has 1 unspecified atom stereocenters. The van der Waals surface area contributed by atoms with Crippen LogP contribution in [-0.4, -0.2) is 22.6 Å². The van der Waals surface area contributed by atoms with Gasteiger partial charge in [0.1, 0.15) is 5.82 Å². The molecule has 2 aromatic rings. The molecule has 4 nitrogen and oxygen atoms in total. The van der Waals surface area contributed by atoms with Gasteiger partial charge >= 0.3 is 0 Å². The molecule has 1 aromatic carbocycles. The minimum absolute atomic E-state index is 0. The Balaban J connectivity index is 0.00000162. The van der Waals surface area contributed by atoms with E-state index in [4.69, 9.17) is 5.73 Å². The molecular weight excluding hydrogens is 283 g/mol. The van der Waals surface area contributed by atoms with Crippen LogP contribution in [0.1, 0.15) is 13.8 Å². The Hall–Kier alpha value is -1.10. The van der Waals surface area contributed by atoms with E-state index in [-0.39, 0.29) is 30.9 Å². The first-order valence-corrected chi connectivity index (χ1v) is 5.89. The molecule has 0 amide bonds. The van der Waals surface area contributed by atoms with E-state index in [1.165, 1.54) is 0 Å². The molecule has 0 aliphatic rings. The lowest BCUT2D eigenvalue weighted by Gasteiger charge is -2.20. The Morgan fingerprint density at radius 3 is 2.37 bits per heavy atom. The van der Waals surface area contributed by atoms with Crippen LogP contribution in [0.25, 0.3) is 11.0 Å². The molecule has 6 heteroatoms. The quantitative estimate of drug-likeness (QED) is 0.911. The van der Waals surface area contributed by atoms with Gasteiger partial charge in [0.25, 0.3) is 0 Å². The SMILES string of the molecule is CC(C)C(CN)Nc1cnc2ccccc2n1.Cl.Cl. The van der Waals surface area contributed by atoms with Crippen molar-refractivity contribution in [1.82, 2.24) is 9.97 Å². The lowest BCUT2D eigenvalue weighted by atomic mass is 10.1. The fourth-order valence-corrected chi connectivity index (χ4v) is 1.71. The number of benzene rings is 1. The van der Waals surface area contributed by atoms with Crippen molar-refractivity contribution in [2.45, 2.75) is 19.9 Å². The molecule has 1 atom stereocenters. The Labute approximate surface area is 126 Å². The summed E-state index contributed by atoms with van der Waals surface area (Å²) in [6.45, 7) is 4.87. The molecule has 0 aliphatic heterocycles. The lowest BCUT2D eigenvalue weighted by Crippen LogP contribution is -2.34. The summed E-state index contributed by atoms with van der Waals surface area (Å²) in [6.07, 6.45) is 1.76. The maximum Gasteiger partial charge on any atom is 0.145 e. The maximum absolute atomic E-state index is 5.72. The van der Waals surface area contributed by atoms with Crippen molar-refractivity contribution >= 4 is 41.7 Å². The third-order valence-corrected chi connectivity index (χ3v) is 2.84. The summed E-state index contributed by atoms with van der Waals surface area (Å²) in [7, 11) is 0. The summed E-state index contributed by atoms with van der Waals surface area (Å²) < 4.78 is 0. The molecule has 0 aliphatic carbocycles. The van der Waals surface area contributed by atoms with Crippen LogP contribution in [0.2, 0.25) is 0 Å². The van der Waals surface area contributed by atoms with Gasteiger partial charge in [0, 0.05) is 12.6 Å². The number of nitrogens with zero attached hydrogens (tertiary/aromatic N) is 2. The van der Waals surface area contributed by atoms with Crippen molar-refractivity contribution < 1.29 is 0 Å². The van der Waals surface area contributed by atoms with Crippen LogP contribution in [-0.2, 0) is 0 Å². The molecule has 106 valence electrons. The number of hydrogen-bond donors (Lipinski definition) is 2. The highest BCUT2D eigenvalue weighted by molar-refractivity contribution is 5.85. The second kappa shape index (κ2) is 8.15. The highest BCUT2D eigenvalue weighted by Crippen LogP contribution is 2.13. The summed E-state index contributed by atoms with van der Waals surface area (Å²) in [5.74, 6) is 1.25. The van der Waals surface area contributed by atoms with Crippen LogP contribution in [0.15, 0.2) is 30.5 Å². The van der Waals surface area contributed by atoms with E-state index in [9.17, 15) is 0 Å². The van der Waals surface area contributed by atoms with Crippen LogP contribution < -0.4 is 11.1 Å². The van der Waals surface area contributed by atoms with Crippen molar-refractivity contribution in [3.63, 3.8) is 0 Å². The number of rotatable bonds is 4. The zero-order chi connectivity index (χ0) is 12.3. The number of para-hydroxylation sites is 2. The van der Waals surface area contributed by atoms with Crippen LogP contribution in [0.4, 0.5) is 5.82 Å². The zero-order valence-corrected chi connectivity index (χ0v) is 12.7. The third kappa shape index (κ3) is 4.49. The van der Waals surface area contributed by atoms with Gasteiger partial charge in [-0.15, -0.1) is 24.8 Å². The van der Waals surface area contributed by atoms with Gasteiger partial charge in [-0.25, -0.2) is 4.98 Å². The molecule has 0 saturated carbocycles.